The van der Waals surface area contributed by atoms with E-state index < -0.39 is 0 Å². The van der Waals surface area contributed by atoms with Gasteiger partial charge < -0.3 is 14.6 Å². The summed E-state index contributed by atoms with van der Waals surface area (Å²) in [5.74, 6) is 2.87. The Hall–Kier alpha value is -0.840. The molecule has 2 heterocycles. The standard InChI is InChI=1S/C16H29N3O/c1-13(2)10-17-11-16-14(3)9-15(20-16)12-19-7-5-18(4)6-8-19/h9,13,17H,5-8,10-12H2,1-4H3. The number of furan rings is 1. The van der Waals surface area contributed by atoms with Crippen molar-refractivity contribution in [2.24, 2.45) is 5.92 Å². The predicted octanol–water partition coefficient (Wildman–Crippen LogP) is 2.08. The summed E-state index contributed by atoms with van der Waals surface area (Å²) in [5.41, 5.74) is 1.27. The van der Waals surface area contributed by atoms with Crippen molar-refractivity contribution in [1.29, 1.82) is 0 Å². The predicted molar refractivity (Wildman–Crippen MR) is 82.8 cm³/mol. The minimum atomic E-state index is 0.676. The van der Waals surface area contributed by atoms with Crippen molar-refractivity contribution in [3.05, 3.63) is 23.2 Å². The molecule has 1 aliphatic rings. The van der Waals surface area contributed by atoms with E-state index in [1.807, 2.05) is 0 Å². The molecule has 1 N–H and O–H groups in total. The SMILES string of the molecule is Cc1cc(CN2CCN(C)CC2)oc1CNCC(C)C. The Morgan fingerprint density at radius 2 is 1.95 bits per heavy atom. The Labute approximate surface area is 123 Å². The lowest BCUT2D eigenvalue weighted by atomic mass is 10.2. The molecule has 2 rings (SSSR count). The molecule has 0 atom stereocenters. The van der Waals surface area contributed by atoms with Gasteiger partial charge in [-0.2, -0.15) is 0 Å². The quantitative estimate of drug-likeness (QED) is 0.864. The van der Waals surface area contributed by atoms with E-state index in [-0.39, 0.29) is 0 Å². The lowest BCUT2D eigenvalue weighted by Gasteiger charge is -2.31. The monoisotopic (exact) mass is 279 g/mol. The number of nitrogens with one attached hydrogen (secondary N) is 1. The van der Waals surface area contributed by atoms with Gasteiger partial charge in [-0.15, -0.1) is 0 Å². The first kappa shape index (κ1) is 15.5. The molecule has 0 aromatic carbocycles. The molecule has 1 aliphatic heterocycles. The molecule has 0 aliphatic carbocycles. The van der Waals surface area contributed by atoms with Gasteiger partial charge in [-0.1, -0.05) is 13.8 Å². The summed E-state index contributed by atoms with van der Waals surface area (Å²) in [4.78, 5) is 4.86. The zero-order valence-electron chi connectivity index (χ0n) is 13.4. The van der Waals surface area contributed by atoms with Gasteiger partial charge >= 0.3 is 0 Å². The molecule has 0 bridgehead atoms. The first-order valence-corrected chi connectivity index (χ1v) is 7.74. The van der Waals surface area contributed by atoms with Crippen LogP contribution in [0, 0.1) is 12.8 Å². The van der Waals surface area contributed by atoms with E-state index in [9.17, 15) is 0 Å². The van der Waals surface area contributed by atoms with Crippen molar-refractivity contribution < 1.29 is 4.42 Å². The number of piperazine rings is 1. The molecule has 4 heteroatoms. The van der Waals surface area contributed by atoms with Crippen LogP contribution in [0.15, 0.2) is 10.5 Å². The van der Waals surface area contributed by atoms with Crippen LogP contribution in [0.25, 0.3) is 0 Å². The van der Waals surface area contributed by atoms with E-state index in [4.69, 9.17) is 4.42 Å². The summed E-state index contributed by atoms with van der Waals surface area (Å²) in [6.07, 6.45) is 0. The Balaban J connectivity index is 1.83. The van der Waals surface area contributed by atoms with Crippen LogP contribution in [-0.4, -0.2) is 49.6 Å². The van der Waals surface area contributed by atoms with Crippen molar-refractivity contribution in [3.8, 4) is 0 Å². The number of hydrogen-bond acceptors (Lipinski definition) is 4. The van der Waals surface area contributed by atoms with Gasteiger partial charge in [-0.3, -0.25) is 4.90 Å². The van der Waals surface area contributed by atoms with Crippen molar-refractivity contribution in [3.63, 3.8) is 0 Å². The zero-order valence-corrected chi connectivity index (χ0v) is 13.4. The topological polar surface area (TPSA) is 31.6 Å². The first-order valence-electron chi connectivity index (χ1n) is 7.74. The van der Waals surface area contributed by atoms with Crippen molar-refractivity contribution in [2.45, 2.75) is 33.9 Å². The van der Waals surface area contributed by atoms with Gasteiger partial charge in [0.25, 0.3) is 0 Å². The molecular formula is C16H29N3O. The van der Waals surface area contributed by atoms with Crippen LogP contribution >= 0.6 is 0 Å². The minimum absolute atomic E-state index is 0.676. The summed E-state index contributed by atoms with van der Waals surface area (Å²) in [7, 11) is 2.19. The van der Waals surface area contributed by atoms with Gasteiger partial charge in [0.15, 0.2) is 0 Å². The van der Waals surface area contributed by atoms with Gasteiger partial charge in [-0.25, -0.2) is 0 Å². The number of rotatable bonds is 6. The normalized spacial score (nSPS) is 18.1. The minimum Gasteiger partial charge on any atom is -0.463 e. The Morgan fingerprint density at radius 3 is 2.60 bits per heavy atom. The highest BCUT2D eigenvalue weighted by molar-refractivity contribution is 5.20. The van der Waals surface area contributed by atoms with Crippen LogP contribution in [0.5, 0.6) is 0 Å². The Bertz CT molecular complexity index is 406. The van der Waals surface area contributed by atoms with E-state index in [0.717, 1.165) is 57.3 Å². The average molecular weight is 279 g/mol. The van der Waals surface area contributed by atoms with Crippen LogP contribution < -0.4 is 5.32 Å². The first-order chi connectivity index (χ1) is 9.54. The highest BCUT2D eigenvalue weighted by atomic mass is 16.3. The molecule has 1 fully saturated rings. The second kappa shape index (κ2) is 7.25. The fourth-order valence-electron chi connectivity index (χ4n) is 2.54. The third-order valence-corrected chi connectivity index (χ3v) is 3.89. The van der Waals surface area contributed by atoms with Crippen LogP contribution in [0.2, 0.25) is 0 Å². The number of hydrogen-bond donors (Lipinski definition) is 1. The molecule has 1 aromatic rings. The lowest BCUT2D eigenvalue weighted by Crippen LogP contribution is -2.43. The van der Waals surface area contributed by atoms with Crippen molar-refractivity contribution in [2.75, 3.05) is 39.8 Å². The smallest absolute Gasteiger partial charge is 0.120 e. The maximum Gasteiger partial charge on any atom is 0.120 e. The Morgan fingerprint density at radius 1 is 1.25 bits per heavy atom. The molecule has 0 saturated carbocycles. The second-order valence-electron chi connectivity index (χ2n) is 6.42. The molecule has 1 saturated heterocycles. The summed E-state index contributed by atoms with van der Waals surface area (Å²) < 4.78 is 6.01. The highest BCUT2D eigenvalue weighted by Crippen LogP contribution is 2.17. The van der Waals surface area contributed by atoms with Crippen molar-refractivity contribution >= 4 is 0 Å². The van der Waals surface area contributed by atoms with E-state index in [2.05, 4.69) is 49.0 Å². The molecule has 4 nitrogen and oxygen atoms in total. The fourth-order valence-corrected chi connectivity index (χ4v) is 2.54. The van der Waals surface area contributed by atoms with Gasteiger partial charge in [0.1, 0.15) is 11.5 Å². The Kier molecular flexibility index (Phi) is 5.64. The van der Waals surface area contributed by atoms with Gasteiger partial charge in [0.05, 0.1) is 13.1 Å². The lowest BCUT2D eigenvalue weighted by molar-refractivity contribution is 0.139. The van der Waals surface area contributed by atoms with Crippen LogP contribution in [0.4, 0.5) is 0 Å². The van der Waals surface area contributed by atoms with E-state index in [1.165, 1.54) is 5.56 Å². The summed E-state index contributed by atoms with van der Waals surface area (Å²) >= 11 is 0. The van der Waals surface area contributed by atoms with E-state index in [0.29, 0.717) is 5.92 Å². The molecule has 114 valence electrons. The van der Waals surface area contributed by atoms with Crippen molar-refractivity contribution in [1.82, 2.24) is 15.1 Å². The van der Waals surface area contributed by atoms with Crippen LogP contribution in [0.3, 0.4) is 0 Å². The number of likely N-dealkylation sites (N-methyl/N-ethyl adjacent to an activating group) is 1. The van der Waals surface area contributed by atoms with Gasteiger partial charge in [0.2, 0.25) is 0 Å². The molecule has 0 unspecified atom stereocenters. The zero-order chi connectivity index (χ0) is 14.5. The number of nitrogens with zero attached hydrogens (tertiary/aromatic N) is 2. The maximum absolute atomic E-state index is 6.01. The summed E-state index contributed by atoms with van der Waals surface area (Å²) in [5, 5.41) is 3.45. The highest BCUT2D eigenvalue weighted by Gasteiger charge is 2.16. The molecular weight excluding hydrogens is 250 g/mol. The van der Waals surface area contributed by atoms with Gasteiger partial charge in [0, 0.05) is 26.2 Å². The molecule has 1 aromatic heterocycles. The number of aryl methyl sites for hydroxylation is 1. The average Bonchev–Trinajstić information content (AvgIpc) is 2.72. The third kappa shape index (κ3) is 4.62. The fraction of sp³-hybridized carbons (Fsp3) is 0.750. The summed E-state index contributed by atoms with van der Waals surface area (Å²) in [6.45, 7) is 14.0. The molecule has 20 heavy (non-hydrogen) atoms. The largest absolute Gasteiger partial charge is 0.463 e. The third-order valence-electron chi connectivity index (χ3n) is 3.89. The molecule has 0 radical (unpaired) electrons. The van der Waals surface area contributed by atoms with E-state index >= 15 is 0 Å². The molecule has 0 amide bonds. The van der Waals surface area contributed by atoms with Crippen LogP contribution in [-0.2, 0) is 13.1 Å². The molecule has 0 spiro atoms. The van der Waals surface area contributed by atoms with Crippen LogP contribution in [0.1, 0.15) is 30.9 Å². The van der Waals surface area contributed by atoms with E-state index in [1.54, 1.807) is 0 Å². The second-order valence-corrected chi connectivity index (χ2v) is 6.42. The summed E-state index contributed by atoms with van der Waals surface area (Å²) in [6, 6.07) is 2.20. The maximum atomic E-state index is 6.01. The van der Waals surface area contributed by atoms with Gasteiger partial charge in [-0.05, 0) is 38.1 Å².